The molecule has 1 aromatic heterocycles. The normalized spacial score (nSPS) is 18.7. The molecule has 0 saturated carbocycles. The van der Waals surface area contributed by atoms with Crippen LogP contribution in [-0.4, -0.2) is 21.5 Å². The van der Waals surface area contributed by atoms with Gasteiger partial charge in [-0.3, -0.25) is 14.2 Å². The predicted octanol–water partition coefficient (Wildman–Crippen LogP) is 1.69. The van der Waals surface area contributed by atoms with E-state index in [-0.39, 0.29) is 24.0 Å². The molecule has 1 amide bonds. The lowest BCUT2D eigenvalue weighted by atomic mass is 10.1. The van der Waals surface area contributed by atoms with E-state index >= 15 is 0 Å². The highest BCUT2D eigenvalue weighted by Gasteiger charge is 2.34. The highest BCUT2D eigenvalue weighted by atomic mass is 19.4. The van der Waals surface area contributed by atoms with Crippen LogP contribution in [0.4, 0.5) is 13.2 Å². The van der Waals surface area contributed by atoms with Crippen molar-refractivity contribution < 1.29 is 18.0 Å². The van der Waals surface area contributed by atoms with Crippen molar-refractivity contribution in [3.63, 3.8) is 0 Å². The van der Waals surface area contributed by atoms with E-state index in [0.717, 1.165) is 10.6 Å². The minimum absolute atomic E-state index is 0.00605. The summed E-state index contributed by atoms with van der Waals surface area (Å²) in [4.78, 5) is 27.5. The maximum atomic E-state index is 13.1. The van der Waals surface area contributed by atoms with Crippen LogP contribution in [0.5, 0.6) is 0 Å². The van der Waals surface area contributed by atoms with E-state index in [4.69, 9.17) is 0 Å². The molecule has 0 bridgehead atoms. The number of alkyl halides is 3. The molecule has 1 aliphatic heterocycles. The molecule has 22 heavy (non-hydrogen) atoms. The zero-order chi connectivity index (χ0) is 15.9. The van der Waals surface area contributed by atoms with Crippen molar-refractivity contribution in [3.8, 4) is 0 Å². The van der Waals surface area contributed by atoms with Crippen LogP contribution in [0.15, 0.2) is 29.3 Å². The number of aromatic nitrogens is 2. The Morgan fingerprint density at radius 2 is 2.09 bits per heavy atom. The molecule has 2 aromatic rings. The number of halogens is 3. The SMILES string of the molecule is O=C1CC[C@@H](Cn2cnc3cccc(C(F)(F)F)c3c2=O)N1. The molecule has 2 heterocycles. The average Bonchev–Trinajstić information content (AvgIpc) is 2.86. The van der Waals surface area contributed by atoms with Gasteiger partial charge in [-0.25, -0.2) is 4.98 Å². The molecule has 1 saturated heterocycles. The molecule has 0 radical (unpaired) electrons. The molecule has 0 unspecified atom stereocenters. The molecule has 1 aromatic carbocycles. The van der Waals surface area contributed by atoms with E-state index in [2.05, 4.69) is 10.3 Å². The molecule has 1 fully saturated rings. The van der Waals surface area contributed by atoms with Gasteiger partial charge in [-0.05, 0) is 18.6 Å². The molecule has 0 aliphatic carbocycles. The summed E-state index contributed by atoms with van der Waals surface area (Å²) in [5, 5.41) is 2.23. The van der Waals surface area contributed by atoms with Crippen LogP contribution in [0, 0.1) is 0 Å². The smallest absolute Gasteiger partial charge is 0.352 e. The Bertz CT molecular complexity index is 798. The van der Waals surface area contributed by atoms with Crippen LogP contribution < -0.4 is 10.9 Å². The fraction of sp³-hybridized carbons (Fsp3) is 0.357. The van der Waals surface area contributed by atoms with Gasteiger partial charge in [0.1, 0.15) is 0 Å². The van der Waals surface area contributed by atoms with Gasteiger partial charge in [0.25, 0.3) is 5.56 Å². The first-order valence-electron chi connectivity index (χ1n) is 6.71. The lowest BCUT2D eigenvalue weighted by Crippen LogP contribution is -2.34. The number of benzene rings is 1. The predicted molar refractivity (Wildman–Crippen MR) is 72.2 cm³/mol. The third-order valence-electron chi connectivity index (χ3n) is 3.66. The van der Waals surface area contributed by atoms with E-state index in [1.54, 1.807) is 0 Å². The number of rotatable bonds is 2. The minimum Gasteiger partial charge on any atom is -0.352 e. The average molecular weight is 311 g/mol. The Kier molecular flexibility index (Phi) is 3.38. The van der Waals surface area contributed by atoms with Gasteiger partial charge in [-0.1, -0.05) is 6.07 Å². The fourth-order valence-electron chi connectivity index (χ4n) is 2.62. The Morgan fingerprint density at radius 1 is 1.32 bits per heavy atom. The summed E-state index contributed by atoms with van der Waals surface area (Å²) in [6.45, 7) is 0.111. The molecular formula is C14H12F3N3O2. The van der Waals surface area contributed by atoms with Gasteiger partial charge < -0.3 is 5.32 Å². The third-order valence-corrected chi connectivity index (χ3v) is 3.66. The number of hydrogen-bond donors (Lipinski definition) is 1. The van der Waals surface area contributed by atoms with E-state index in [1.165, 1.54) is 18.5 Å². The van der Waals surface area contributed by atoms with Crippen LogP contribution in [0.2, 0.25) is 0 Å². The molecular weight excluding hydrogens is 299 g/mol. The molecule has 3 rings (SSSR count). The second-order valence-electron chi connectivity index (χ2n) is 5.20. The molecule has 0 spiro atoms. The van der Waals surface area contributed by atoms with Gasteiger partial charge in [0.05, 0.1) is 22.8 Å². The first-order chi connectivity index (χ1) is 10.4. The van der Waals surface area contributed by atoms with Gasteiger partial charge in [0, 0.05) is 19.0 Å². The Morgan fingerprint density at radius 3 is 2.73 bits per heavy atom. The van der Waals surface area contributed by atoms with Crippen molar-refractivity contribution in [2.24, 2.45) is 0 Å². The standard InChI is InChI=1S/C14H12F3N3O2/c15-14(16,17)9-2-1-3-10-12(9)13(22)20(7-18-10)6-8-4-5-11(21)19-8/h1-3,7-8H,4-6H2,(H,19,21)/t8-/m0/s1. The van der Waals surface area contributed by atoms with Crippen molar-refractivity contribution in [1.29, 1.82) is 0 Å². The van der Waals surface area contributed by atoms with E-state index in [0.29, 0.717) is 12.8 Å². The Hall–Kier alpha value is -2.38. The summed E-state index contributed by atoms with van der Waals surface area (Å²) in [6.07, 6.45) is -2.51. The first kappa shape index (κ1) is 14.6. The molecule has 1 aliphatic rings. The summed E-state index contributed by atoms with van der Waals surface area (Å²) in [6, 6.07) is 3.20. The number of hydrogen-bond acceptors (Lipinski definition) is 3. The summed E-state index contributed by atoms with van der Waals surface area (Å²) < 4.78 is 40.3. The van der Waals surface area contributed by atoms with Gasteiger partial charge in [-0.15, -0.1) is 0 Å². The number of carbonyl (C=O) groups excluding carboxylic acids is 1. The van der Waals surface area contributed by atoms with Gasteiger partial charge >= 0.3 is 6.18 Å². The summed E-state index contributed by atoms with van der Waals surface area (Å²) >= 11 is 0. The number of fused-ring (bicyclic) bond motifs is 1. The fourth-order valence-corrected chi connectivity index (χ4v) is 2.62. The quantitative estimate of drug-likeness (QED) is 0.918. The first-order valence-corrected chi connectivity index (χ1v) is 6.71. The summed E-state index contributed by atoms with van der Waals surface area (Å²) in [5.74, 6) is -0.122. The van der Waals surface area contributed by atoms with E-state index in [1.807, 2.05) is 0 Å². The van der Waals surface area contributed by atoms with Gasteiger partial charge in [0.2, 0.25) is 5.91 Å². The molecule has 8 heteroatoms. The maximum Gasteiger partial charge on any atom is 0.417 e. The molecule has 5 nitrogen and oxygen atoms in total. The van der Waals surface area contributed by atoms with Crippen LogP contribution in [-0.2, 0) is 17.5 Å². The zero-order valence-corrected chi connectivity index (χ0v) is 11.4. The molecule has 1 atom stereocenters. The van der Waals surface area contributed by atoms with Crippen molar-refractivity contribution in [1.82, 2.24) is 14.9 Å². The van der Waals surface area contributed by atoms with Crippen molar-refractivity contribution in [3.05, 3.63) is 40.4 Å². The van der Waals surface area contributed by atoms with Gasteiger partial charge in [-0.2, -0.15) is 13.2 Å². The number of nitrogens with zero attached hydrogens (tertiary/aromatic N) is 2. The third kappa shape index (κ3) is 2.56. The largest absolute Gasteiger partial charge is 0.417 e. The number of nitrogens with one attached hydrogen (secondary N) is 1. The van der Waals surface area contributed by atoms with Crippen molar-refractivity contribution >= 4 is 16.8 Å². The van der Waals surface area contributed by atoms with E-state index < -0.39 is 22.7 Å². The Balaban J connectivity index is 2.08. The highest BCUT2D eigenvalue weighted by molar-refractivity contribution is 5.81. The maximum absolute atomic E-state index is 13.1. The summed E-state index contributed by atoms with van der Waals surface area (Å²) in [5.41, 5.74) is -1.74. The Labute approximate surface area is 122 Å². The van der Waals surface area contributed by atoms with Gasteiger partial charge in [0.15, 0.2) is 0 Å². The van der Waals surface area contributed by atoms with Crippen LogP contribution in [0.25, 0.3) is 10.9 Å². The lowest BCUT2D eigenvalue weighted by Gasteiger charge is -2.14. The minimum atomic E-state index is -4.62. The summed E-state index contributed by atoms with van der Waals surface area (Å²) in [7, 11) is 0. The highest BCUT2D eigenvalue weighted by Crippen LogP contribution is 2.32. The molecule has 116 valence electrons. The molecule has 1 N–H and O–H groups in total. The zero-order valence-electron chi connectivity index (χ0n) is 11.4. The van der Waals surface area contributed by atoms with Crippen LogP contribution >= 0.6 is 0 Å². The van der Waals surface area contributed by atoms with Crippen LogP contribution in [0.1, 0.15) is 18.4 Å². The topological polar surface area (TPSA) is 64.0 Å². The van der Waals surface area contributed by atoms with Crippen LogP contribution in [0.3, 0.4) is 0 Å². The van der Waals surface area contributed by atoms with E-state index in [9.17, 15) is 22.8 Å². The van der Waals surface area contributed by atoms with Crippen molar-refractivity contribution in [2.75, 3.05) is 0 Å². The monoisotopic (exact) mass is 311 g/mol. The number of amides is 1. The van der Waals surface area contributed by atoms with Crippen molar-refractivity contribution in [2.45, 2.75) is 31.6 Å². The second kappa shape index (κ2) is 5.11. The number of carbonyl (C=O) groups is 1. The second-order valence-corrected chi connectivity index (χ2v) is 5.20. The lowest BCUT2D eigenvalue weighted by molar-refractivity contribution is -0.136.